The number of rotatable bonds is 6. The summed E-state index contributed by atoms with van der Waals surface area (Å²) in [7, 11) is 0. The minimum absolute atomic E-state index is 0.354. The van der Waals surface area contributed by atoms with E-state index in [0.717, 1.165) is 31.5 Å². The fourth-order valence-electron chi connectivity index (χ4n) is 2.43. The molecule has 2 heteroatoms. The summed E-state index contributed by atoms with van der Waals surface area (Å²) in [4.78, 5) is 0. The van der Waals surface area contributed by atoms with Crippen LogP contribution in [0.3, 0.4) is 0 Å². The van der Waals surface area contributed by atoms with Gasteiger partial charge in [-0.3, -0.25) is 0 Å². The molecule has 18 heavy (non-hydrogen) atoms. The van der Waals surface area contributed by atoms with Crippen molar-refractivity contribution in [2.24, 2.45) is 0 Å². The van der Waals surface area contributed by atoms with Gasteiger partial charge in [0.05, 0.1) is 6.10 Å². The van der Waals surface area contributed by atoms with Crippen molar-refractivity contribution in [3.8, 4) is 0 Å². The molecular formula is C16H27NO. The van der Waals surface area contributed by atoms with Gasteiger partial charge in [0.25, 0.3) is 0 Å². The molecule has 1 aromatic rings. The number of aliphatic hydroxyl groups excluding tert-OH is 1. The summed E-state index contributed by atoms with van der Waals surface area (Å²) in [5.41, 5.74) is 6.15. The Kier molecular flexibility index (Phi) is 5.83. The number of aliphatic hydroxyl groups is 1. The number of benzene rings is 1. The third kappa shape index (κ3) is 3.56. The van der Waals surface area contributed by atoms with Crippen LogP contribution in [-0.2, 0) is 0 Å². The first-order chi connectivity index (χ1) is 8.49. The molecule has 0 radical (unpaired) electrons. The van der Waals surface area contributed by atoms with Gasteiger partial charge < -0.3 is 10.4 Å². The molecule has 0 amide bonds. The van der Waals surface area contributed by atoms with E-state index in [1.165, 1.54) is 22.3 Å². The molecule has 0 aliphatic carbocycles. The van der Waals surface area contributed by atoms with Gasteiger partial charge in [0, 0.05) is 0 Å². The van der Waals surface area contributed by atoms with Crippen LogP contribution in [0.5, 0.6) is 0 Å². The first-order valence-corrected chi connectivity index (χ1v) is 6.95. The third-order valence-electron chi connectivity index (χ3n) is 3.78. The van der Waals surface area contributed by atoms with Crippen LogP contribution in [0, 0.1) is 27.7 Å². The molecule has 0 aliphatic heterocycles. The van der Waals surface area contributed by atoms with E-state index in [-0.39, 0.29) is 6.10 Å². The molecule has 0 bridgehead atoms. The molecular weight excluding hydrogens is 222 g/mol. The summed E-state index contributed by atoms with van der Waals surface area (Å²) < 4.78 is 0. The van der Waals surface area contributed by atoms with Crippen LogP contribution in [0.2, 0.25) is 0 Å². The van der Waals surface area contributed by atoms with Crippen LogP contribution in [0.25, 0.3) is 0 Å². The molecule has 0 saturated heterocycles. The van der Waals surface area contributed by atoms with E-state index in [2.05, 4.69) is 46.0 Å². The van der Waals surface area contributed by atoms with Crippen LogP contribution in [0.4, 0.5) is 0 Å². The second kappa shape index (κ2) is 6.91. The monoisotopic (exact) mass is 249 g/mol. The first kappa shape index (κ1) is 15.2. The van der Waals surface area contributed by atoms with Crippen LogP contribution in [0.1, 0.15) is 53.7 Å². The zero-order valence-electron chi connectivity index (χ0n) is 12.4. The second-order valence-electron chi connectivity index (χ2n) is 5.23. The van der Waals surface area contributed by atoms with E-state index in [1.54, 1.807) is 0 Å². The predicted molar refractivity (Wildman–Crippen MR) is 78.1 cm³/mol. The van der Waals surface area contributed by atoms with Gasteiger partial charge in [-0.05, 0) is 81.4 Å². The fourth-order valence-corrected chi connectivity index (χ4v) is 2.43. The standard InChI is InChI=1S/C16H27NO/c1-6-8-17-9-7-15(18)16-13(4)11(2)10-12(3)14(16)5/h10,15,17-18H,6-9H2,1-5H3. The van der Waals surface area contributed by atoms with Crippen molar-refractivity contribution in [2.45, 2.75) is 53.6 Å². The van der Waals surface area contributed by atoms with E-state index in [1.807, 2.05) is 0 Å². The number of aryl methyl sites for hydroxylation is 2. The zero-order valence-corrected chi connectivity index (χ0v) is 12.4. The Hall–Kier alpha value is -0.860. The molecule has 102 valence electrons. The maximum absolute atomic E-state index is 10.4. The lowest BCUT2D eigenvalue weighted by Gasteiger charge is -2.20. The smallest absolute Gasteiger partial charge is 0.0807 e. The van der Waals surface area contributed by atoms with Crippen LogP contribution >= 0.6 is 0 Å². The lowest BCUT2D eigenvalue weighted by molar-refractivity contribution is 0.165. The highest BCUT2D eigenvalue weighted by atomic mass is 16.3. The molecule has 0 saturated carbocycles. The maximum atomic E-state index is 10.4. The van der Waals surface area contributed by atoms with Gasteiger partial charge in [-0.1, -0.05) is 13.0 Å². The van der Waals surface area contributed by atoms with Crippen LogP contribution < -0.4 is 5.32 Å². The molecule has 0 spiro atoms. The van der Waals surface area contributed by atoms with Crippen molar-refractivity contribution in [1.82, 2.24) is 5.32 Å². The Balaban J connectivity index is 2.81. The number of hydrogen-bond donors (Lipinski definition) is 2. The van der Waals surface area contributed by atoms with E-state index >= 15 is 0 Å². The van der Waals surface area contributed by atoms with Gasteiger partial charge >= 0.3 is 0 Å². The quantitative estimate of drug-likeness (QED) is 0.758. The number of hydrogen-bond acceptors (Lipinski definition) is 2. The van der Waals surface area contributed by atoms with Crippen molar-refractivity contribution in [2.75, 3.05) is 13.1 Å². The van der Waals surface area contributed by atoms with E-state index < -0.39 is 0 Å². The molecule has 1 aromatic carbocycles. The normalized spacial score (nSPS) is 12.8. The Morgan fingerprint density at radius 2 is 1.61 bits per heavy atom. The van der Waals surface area contributed by atoms with Gasteiger partial charge in [0.2, 0.25) is 0 Å². The summed E-state index contributed by atoms with van der Waals surface area (Å²) in [6.45, 7) is 12.5. The highest BCUT2D eigenvalue weighted by Crippen LogP contribution is 2.28. The second-order valence-corrected chi connectivity index (χ2v) is 5.23. The summed E-state index contributed by atoms with van der Waals surface area (Å²) in [5.74, 6) is 0. The van der Waals surface area contributed by atoms with Crippen molar-refractivity contribution in [1.29, 1.82) is 0 Å². The molecule has 1 unspecified atom stereocenters. The van der Waals surface area contributed by atoms with Crippen molar-refractivity contribution in [3.05, 3.63) is 33.9 Å². The molecule has 0 aromatic heterocycles. The average Bonchev–Trinajstić information content (AvgIpc) is 2.32. The molecule has 2 N–H and O–H groups in total. The van der Waals surface area contributed by atoms with Gasteiger partial charge in [-0.15, -0.1) is 0 Å². The highest BCUT2D eigenvalue weighted by Gasteiger charge is 2.15. The topological polar surface area (TPSA) is 32.3 Å². The van der Waals surface area contributed by atoms with E-state index in [0.29, 0.717) is 0 Å². The molecule has 1 atom stereocenters. The predicted octanol–water partition coefficient (Wildman–Crippen LogP) is 3.34. The lowest BCUT2D eigenvalue weighted by Crippen LogP contribution is -2.19. The zero-order chi connectivity index (χ0) is 13.7. The van der Waals surface area contributed by atoms with Crippen LogP contribution in [0.15, 0.2) is 6.07 Å². The van der Waals surface area contributed by atoms with Gasteiger partial charge in [0.15, 0.2) is 0 Å². The van der Waals surface area contributed by atoms with E-state index in [9.17, 15) is 5.11 Å². The summed E-state index contributed by atoms with van der Waals surface area (Å²) in [6.07, 6.45) is 1.57. The van der Waals surface area contributed by atoms with Gasteiger partial charge in [0.1, 0.15) is 0 Å². The SMILES string of the molecule is CCCNCCC(O)c1c(C)c(C)cc(C)c1C. The van der Waals surface area contributed by atoms with Gasteiger partial charge in [-0.25, -0.2) is 0 Å². The fraction of sp³-hybridized carbons (Fsp3) is 0.625. The largest absolute Gasteiger partial charge is 0.388 e. The molecule has 1 rings (SSSR count). The average molecular weight is 249 g/mol. The van der Waals surface area contributed by atoms with Crippen molar-refractivity contribution >= 4 is 0 Å². The summed E-state index contributed by atoms with van der Waals surface area (Å²) >= 11 is 0. The number of nitrogens with one attached hydrogen (secondary N) is 1. The molecule has 0 heterocycles. The van der Waals surface area contributed by atoms with Gasteiger partial charge in [-0.2, -0.15) is 0 Å². The Labute approximate surface area is 111 Å². The molecule has 2 nitrogen and oxygen atoms in total. The van der Waals surface area contributed by atoms with Crippen molar-refractivity contribution < 1.29 is 5.11 Å². The molecule has 0 fully saturated rings. The van der Waals surface area contributed by atoms with Crippen molar-refractivity contribution in [3.63, 3.8) is 0 Å². The first-order valence-electron chi connectivity index (χ1n) is 6.95. The maximum Gasteiger partial charge on any atom is 0.0807 e. The Morgan fingerprint density at radius 1 is 1.06 bits per heavy atom. The Morgan fingerprint density at radius 3 is 2.11 bits per heavy atom. The highest BCUT2D eigenvalue weighted by molar-refractivity contribution is 5.45. The minimum Gasteiger partial charge on any atom is -0.388 e. The van der Waals surface area contributed by atoms with E-state index in [4.69, 9.17) is 0 Å². The summed E-state index contributed by atoms with van der Waals surface area (Å²) in [6, 6.07) is 2.20. The lowest BCUT2D eigenvalue weighted by atomic mass is 9.90. The van der Waals surface area contributed by atoms with Crippen LogP contribution in [-0.4, -0.2) is 18.2 Å². The molecule has 0 aliphatic rings. The Bertz CT molecular complexity index is 372. The minimum atomic E-state index is -0.354. The summed E-state index contributed by atoms with van der Waals surface area (Å²) in [5, 5.41) is 13.7. The third-order valence-corrected chi connectivity index (χ3v) is 3.78.